The van der Waals surface area contributed by atoms with Gasteiger partial charge in [-0.15, -0.1) is 5.10 Å². The third-order valence-electron chi connectivity index (χ3n) is 4.67. The molecule has 1 N–H and O–H groups in total. The number of fused-ring (bicyclic) bond motifs is 1. The molecular weight excluding hydrogens is 424 g/mol. The topological polar surface area (TPSA) is 78.3 Å². The third-order valence-corrected chi connectivity index (χ3v) is 5.33. The molecule has 28 heavy (non-hydrogen) atoms. The molecule has 8 heteroatoms. The first kappa shape index (κ1) is 18.6. The number of benzene rings is 2. The van der Waals surface area contributed by atoms with Crippen molar-refractivity contribution < 1.29 is 14.3 Å². The maximum Gasteiger partial charge on any atom is 0.278 e. The number of aromatic nitrogens is 3. The van der Waals surface area contributed by atoms with E-state index < -0.39 is 0 Å². The predicted molar refractivity (Wildman–Crippen MR) is 107 cm³/mol. The molecular formula is C20H19BrN4O3. The fourth-order valence-electron chi connectivity index (χ4n) is 3.11. The van der Waals surface area contributed by atoms with Gasteiger partial charge >= 0.3 is 0 Å². The van der Waals surface area contributed by atoms with E-state index in [1.54, 1.807) is 11.8 Å². The van der Waals surface area contributed by atoms with Crippen molar-refractivity contribution in [3.8, 4) is 5.75 Å². The van der Waals surface area contributed by atoms with Gasteiger partial charge in [0, 0.05) is 4.47 Å². The zero-order valence-corrected chi connectivity index (χ0v) is 17.1. The van der Waals surface area contributed by atoms with Crippen LogP contribution in [0.2, 0.25) is 0 Å². The summed E-state index contributed by atoms with van der Waals surface area (Å²) in [5, 5.41) is 11.1. The number of aryl methyl sites for hydroxylation is 1. The lowest BCUT2D eigenvalue weighted by Gasteiger charge is -2.24. The molecule has 0 fully saturated rings. The van der Waals surface area contributed by atoms with E-state index >= 15 is 0 Å². The van der Waals surface area contributed by atoms with Crippen LogP contribution in [0.25, 0.3) is 0 Å². The highest BCUT2D eigenvalue weighted by molar-refractivity contribution is 9.10. The largest absolute Gasteiger partial charge is 0.497 e. The molecule has 0 bridgehead atoms. The number of halogens is 1. The molecule has 0 unspecified atom stereocenters. The Hall–Kier alpha value is -2.71. The van der Waals surface area contributed by atoms with Crippen LogP contribution in [0, 0.1) is 6.92 Å². The van der Waals surface area contributed by atoms with Gasteiger partial charge in [-0.1, -0.05) is 23.4 Å². The lowest BCUT2D eigenvalue weighted by molar-refractivity contribution is -0.00173. The number of amides is 1. The second kappa shape index (κ2) is 7.73. The summed E-state index contributed by atoms with van der Waals surface area (Å²) in [4.78, 5) is 12.7. The number of hydrogen-bond donors (Lipinski definition) is 1. The van der Waals surface area contributed by atoms with E-state index in [2.05, 4.69) is 31.6 Å². The van der Waals surface area contributed by atoms with Crippen molar-refractivity contribution in [2.75, 3.05) is 12.4 Å². The van der Waals surface area contributed by atoms with Crippen LogP contribution < -0.4 is 10.1 Å². The molecule has 0 saturated carbocycles. The van der Waals surface area contributed by atoms with E-state index in [9.17, 15) is 4.79 Å². The van der Waals surface area contributed by atoms with Gasteiger partial charge in [-0.3, -0.25) is 4.79 Å². The predicted octanol–water partition coefficient (Wildman–Crippen LogP) is 3.88. The molecule has 1 aliphatic heterocycles. The van der Waals surface area contributed by atoms with E-state index in [1.165, 1.54) is 0 Å². The van der Waals surface area contributed by atoms with Gasteiger partial charge in [0.25, 0.3) is 5.91 Å². The summed E-state index contributed by atoms with van der Waals surface area (Å²) in [6.45, 7) is 2.75. The zero-order valence-electron chi connectivity index (χ0n) is 15.5. The quantitative estimate of drug-likeness (QED) is 0.662. The van der Waals surface area contributed by atoms with Gasteiger partial charge in [0.15, 0.2) is 5.69 Å². The van der Waals surface area contributed by atoms with Crippen LogP contribution in [0.3, 0.4) is 0 Å². The van der Waals surface area contributed by atoms with Gasteiger partial charge in [0.2, 0.25) is 0 Å². The smallest absolute Gasteiger partial charge is 0.278 e. The van der Waals surface area contributed by atoms with E-state index in [1.807, 2.05) is 49.4 Å². The number of carbonyl (C=O) groups excluding carboxylic acids is 1. The van der Waals surface area contributed by atoms with Crippen molar-refractivity contribution in [3.63, 3.8) is 0 Å². The van der Waals surface area contributed by atoms with Crippen molar-refractivity contribution >= 4 is 27.5 Å². The Morgan fingerprint density at radius 1 is 1.29 bits per heavy atom. The van der Waals surface area contributed by atoms with Crippen LogP contribution >= 0.6 is 15.9 Å². The van der Waals surface area contributed by atoms with E-state index in [4.69, 9.17) is 9.47 Å². The number of nitrogens with zero attached hydrogens (tertiary/aromatic N) is 3. The summed E-state index contributed by atoms with van der Waals surface area (Å²) in [5.74, 6) is 0.486. The monoisotopic (exact) mass is 442 g/mol. The molecule has 0 spiro atoms. The van der Waals surface area contributed by atoms with E-state index in [0.717, 1.165) is 21.3 Å². The second-order valence-electron chi connectivity index (χ2n) is 6.58. The summed E-state index contributed by atoms with van der Waals surface area (Å²) >= 11 is 3.47. The minimum absolute atomic E-state index is 0.151. The molecule has 4 rings (SSSR count). The molecule has 3 aromatic rings. The molecule has 2 aromatic carbocycles. The van der Waals surface area contributed by atoms with Crippen molar-refractivity contribution in [1.29, 1.82) is 0 Å². The van der Waals surface area contributed by atoms with Crippen molar-refractivity contribution in [2.45, 2.75) is 26.2 Å². The zero-order chi connectivity index (χ0) is 19.7. The maximum absolute atomic E-state index is 12.7. The van der Waals surface area contributed by atoms with Gasteiger partial charge in [0.1, 0.15) is 11.9 Å². The second-order valence-corrected chi connectivity index (χ2v) is 7.43. The first-order valence-corrected chi connectivity index (χ1v) is 9.60. The van der Waals surface area contributed by atoms with Crippen molar-refractivity contribution in [1.82, 2.24) is 15.0 Å². The highest BCUT2D eigenvalue weighted by Gasteiger charge is 2.28. The molecule has 0 saturated heterocycles. The van der Waals surface area contributed by atoms with E-state index in [-0.39, 0.29) is 24.3 Å². The fourth-order valence-corrected chi connectivity index (χ4v) is 3.70. The lowest BCUT2D eigenvalue weighted by Crippen LogP contribution is -2.24. The van der Waals surface area contributed by atoms with Crippen LogP contribution in [-0.2, 0) is 17.9 Å². The van der Waals surface area contributed by atoms with Crippen LogP contribution in [0.5, 0.6) is 5.75 Å². The molecule has 1 atom stereocenters. The Kier molecular flexibility index (Phi) is 5.15. The number of methoxy groups -OCH3 is 1. The molecule has 0 radical (unpaired) electrons. The normalized spacial score (nSPS) is 15.8. The summed E-state index contributed by atoms with van der Waals surface area (Å²) < 4.78 is 13.7. The Morgan fingerprint density at radius 3 is 2.79 bits per heavy atom. The summed E-state index contributed by atoms with van der Waals surface area (Å²) in [6, 6.07) is 13.5. The Labute approximate surface area is 170 Å². The average molecular weight is 443 g/mol. The minimum Gasteiger partial charge on any atom is -0.497 e. The maximum atomic E-state index is 12.7. The van der Waals surface area contributed by atoms with Crippen LogP contribution in [0.1, 0.15) is 33.4 Å². The number of nitrogens with one attached hydrogen (secondary N) is 1. The summed E-state index contributed by atoms with van der Waals surface area (Å²) in [7, 11) is 1.63. The van der Waals surface area contributed by atoms with Gasteiger partial charge < -0.3 is 14.8 Å². The van der Waals surface area contributed by atoms with Gasteiger partial charge in [-0.25, -0.2) is 4.68 Å². The minimum atomic E-state index is -0.308. The van der Waals surface area contributed by atoms with Crippen molar-refractivity contribution in [2.24, 2.45) is 0 Å². The Bertz CT molecular complexity index is 1020. The highest BCUT2D eigenvalue weighted by atomic mass is 79.9. The first-order valence-electron chi connectivity index (χ1n) is 8.80. The highest BCUT2D eigenvalue weighted by Crippen LogP contribution is 2.29. The van der Waals surface area contributed by atoms with Gasteiger partial charge in [-0.2, -0.15) is 0 Å². The summed E-state index contributed by atoms with van der Waals surface area (Å²) in [5.41, 5.74) is 3.76. The molecule has 1 aliphatic rings. The lowest BCUT2D eigenvalue weighted by atomic mass is 10.1. The van der Waals surface area contributed by atoms with Crippen molar-refractivity contribution in [3.05, 3.63) is 69.5 Å². The number of anilines is 1. The first-order chi connectivity index (χ1) is 13.5. The fraction of sp³-hybridized carbons (Fsp3) is 0.250. The SMILES string of the molecule is COc1ccc([C@H]2Cn3nnc(C(=O)Nc4ccc(C)cc4Br)c3CO2)cc1. The van der Waals surface area contributed by atoms with Gasteiger partial charge in [0.05, 0.1) is 31.6 Å². The van der Waals surface area contributed by atoms with Crippen LogP contribution in [0.4, 0.5) is 5.69 Å². The summed E-state index contributed by atoms with van der Waals surface area (Å²) in [6.07, 6.45) is -0.151. The number of ether oxygens (including phenoxy) is 2. The van der Waals surface area contributed by atoms with Gasteiger partial charge in [-0.05, 0) is 58.2 Å². The number of hydrogen-bond acceptors (Lipinski definition) is 5. The molecule has 0 aliphatic carbocycles. The molecule has 144 valence electrons. The van der Waals surface area contributed by atoms with Crippen LogP contribution in [-0.4, -0.2) is 28.0 Å². The van der Waals surface area contributed by atoms with E-state index in [0.29, 0.717) is 17.9 Å². The molecule has 1 aromatic heterocycles. The number of carbonyl (C=O) groups is 1. The Balaban J connectivity index is 1.50. The standard InChI is InChI=1S/C20H19BrN4O3/c1-12-3-8-16(15(21)9-12)22-20(26)19-17-11-28-18(10-25(17)24-23-19)13-4-6-14(27-2)7-5-13/h3-9,18H,10-11H2,1-2H3,(H,22,26)/t18-/m1/s1. The molecule has 7 nitrogen and oxygen atoms in total. The third kappa shape index (κ3) is 3.65. The molecule has 1 amide bonds. The number of rotatable bonds is 4. The average Bonchev–Trinajstić information content (AvgIpc) is 3.13. The Morgan fingerprint density at radius 2 is 2.07 bits per heavy atom. The van der Waals surface area contributed by atoms with Crippen LogP contribution in [0.15, 0.2) is 46.9 Å². The molecule has 2 heterocycles.